The van der Waals surface area contributed by atoms with E-state index in [2.05, 4.69) is 29.0 Å². The topological polar surface area (TPSA) is 18.5 Å². The summed E-state index contributed by atoms with van der Waals surface area (Å²) in [5.41, 5.74) is 0. The van der Waals surface area contributed by atoms with Gasteiger partial charge in [-0.05, 0) is 19.5 Å². The van der Waals surface area contributed by atoms with Crippen LogP contribution in [0.2, 0.25) is 0 Å². The van der Waals surface area contributed by atoms with Gasteiger partial charge in [-0.15, -0.1) is 0 Å². The summed E-state index contributed by atoms with van der Waals surface area (Å²) in [6.45, 7) is 14.4. The first-order valence-corrected chi connectivity index (χ1v) is 7.52. The van der Waals surface area contributed by atoms with Gasteiger partial charge in [0.05, 0.1) is 0 Å². The molecule has 0 aromatic heterocycles. The molecule has 0 unspecified atom stereocenters. The Kier molecular flexibility index (Phi) is 8.67. The van der Waals surface area contributed by atoms with Gasteiger partial charge in [0, 0.05) is 39.3 Å². The molecule has 0 radical (unpaired) electrons. The predicted molar refractivity (Wildman–Crippen MR) is 75.6 cm³/mol. The minimum atomic E-state index is 1.16. The van der Waals surface area contributed by atoms with E-state index in [1.807, 2.05) is 0 Å². The molecule has 0 aromatic carbocycles. The average Bonchev–Trinajstić information content (AvgIpc) is 2.38. The first-order valence-electron chi connectivity index (χ1n) is 7.52. The second-order valence-corrected chi connectivity index (χ2v) is 5.09. The molecule has 0 amide bonds. The van der Waals surface area contributed by atoms with Gasteiger partial charge in [-0.3, -0.25) is 4.90 Å². The normalized spacial score (nSPS) is 18.7. The van der Waals surface area contributed by atoms with Crippen molar-refractivity contribution < 1.29 is 0 Å². The molecule has 0 aromatic rings. The fraction of sp³-hybridized carbons (Fsp3) is 1.00. The summed E-state index contributed by atoms with van der Waals surface area (Å²) in [5, 5.41) is 3.56. The van der Waals surface area contributed by atoms with E-state index in [9.17, 15) is 0 Å². The molecule has 0 saturated carbocycles. The molecule has 0 aliphatic carbocycles. The summed E-state index contributed by atoms with van der Waals surface area (Å²) >= 11 is 0. The first-order chi connectivity index (χ1) is 8.36. The number of nitrogens with zero attached hydrogens (tertiary/aromatic N) is 2. The maximum Gasteiger partial charge on any atom is 0.0110 e. The van der Waals surface area contributed by atoms with Gasteiger partial charge in [0.1, 0.15) is 0 Å². The lowest BCUT2D eigenvalue weighted by Gasteiger charge is -2.34. The summed E-state index contributed by atoms with van der Waals surface area (Å²) in [7, 11) is 0. The Morgan fingerprint density at radius 3 is 2.18 bits per heavy atom. The molecule has 1 saturated heterocycles. The van der Waals surface area contributed by atoms with E-state index >= 15 is 0 Å². The molecule has 0 atom stereocenters. The van der Waals surface area contributed by atoms with E-state index in [1.165, 1.54) is 71.5 Å². The zero-order chi connectivity index (χ0) is 12.3. The molecule has 3 heteroatoms. The Morgan fingerprint density at radius 2 is 1.53 bits per heavy atom. The monoisotopic (exact) mass is 241 g/mol. The van der Waals surface area contributed by atoms with Crippen LogP contribution in [0.25, 0.3) is 0 Å². The molecule has 17 heavy (non-hydrogen) atoms. The third-order valence-corrected chi connectivity index (χ3v) is 3.72. The minimum absolute atomic E-state index is 1.16. The van der Waals surface area contributed by atoms with Crippen LogP contribution in [-0.2, 0) is 0 Å². The van der Waals surface area contributed by atoms with Crippen LogP contribution >= 0.6 is 0 Å². The molecule has 1 heterocycles. The van der Waals surface area contributed by atoms with Crippen LogP contribution in [0.3, 0.4) is 0 Å². The van der Waals surface area contributed by atoms with Gasteiger partial charge in [0.15, 0.2) is 0 Å². The number of piperazine rings is 1. The second kappa shape index (κ2) is 9.86. The largest absolute Gasteiger partial charge is 0.315 e. The highest BCUT2D eigenvalue weighted by Gasteiger charge is 2.14. The third-order valence-electron chi connectivity index (χ3n) is 3.72. The van der Waals surface area contributed by atoms with E-state index < -0.39 is 0 Å². The Hall–Kier alpha value is -0.120. The van der Waals surface area contributed by atoms with Gasteiger partial charge < -0.3 is 10.2 Å². The van der Waals surface area contributed by atoms with E-state index in [0.717, 1.165) is 6.54 Å². The fourth-order valence-corrected chi connectivity index (χ4v) is 2.37. The molecular weight excluding hydrogens is 210 g/mol. The summed E-state index contributed by atoms with van der Waals surface area (Å²) in [6, 6.07) is 0. The molecule has 3 nitrogen and oxygen atoms in total. The first kappa shape index (κ1) is 14.9. The molecule has 102 valence electrons. The van der Waals surface area contributed by atoms with Crippen molar-refractivity contribution in [2.75, 3.05) is 52.4 Å². The molecule has 0 bridgehead atoms. The lowest BCUT2D eigenvalue weighted by Crippen LogP contribution is -2.47. The van der Waals surface area contributed by atoms with Crippen LogP contribution < -0.4 is 5.32 Å². The van der Waals surface area contributed by atoms with Crippen LogP contribution in [0.15, 0.2) is 0 Å². The number of hydrogen-bond donors (Lipinski definition) is 1. The van der Waals surface area contributed by atoms with E-state index in [4.69, 9.17) is 0 Å². The molecule has 1 N–H and O–H groups in total. The molecular formula is C14H31N3. The smallest absolute Gasteiger partial charge is 0.0110 e. The summed E-state index contributed by atoms with van der Waals surface area (Å²) < 4.78 is 0. The number of hydrogen-bond acceptors (Lipinski definition) is 3. The van der Waals surface area contributed by atoms with Crippen molar-refractivity contribution in [3.05, 3.63) is 0 Å². The van der Waals surface area contributed by atoms with Crippen LogP contribution in [0, 0.1) is 0 Å². The number of unbranched alkanes of at least 4 members (excludes halogenated alkanes) is 3. The van der Waals surface area contributed by atoms with Crippen LogP contribution in [0.4, 0.5) is 0 Å². The summed E-state index contributed by atoms with van der Waals surface area (Å²) in [6.07, 6.45) is 5.46. The van der Waals surface area contributed by atoms with Gasteiger partial charge in [-0.2, -0.15) is 0 Å². The molecule has 0 spiro atoms. The van der Waals surface area contributed by atoms with Crippen molar-refractivity contribution in [3.63, 3.8) is 0 Å². The lowest BCUT2D eigenvalue weighted by atomic mass is 10.2. The van der Waals surface area contributed by atoms with Crippen molar-refractivity contribution >= 4 is 0 Å². The highest BCUT2D eigenvalue weighted by molar-refractivity contribution is 4.71. The Balaban J connectivity index is 1.87. The van der Waals surface area contributed by atoms with Crippen molar-refractivity contribution in [2.24, 2.45) is 0 Å². The zero-order valence-electron chi connectivity index (χ0n) is 11.9. The van der Waals surface area contributed by atoms with Gasteiger partial charge >= 0.3 is 0 Å². The van der Waals surface area contributed by atoms with Crippen molar-refractivity contribution in [1.29, 1.82) is 0 Å². The number of nitrogens with one attached hydrogen (secondary N) is 1. The standard InChI is InChI=1S/C14H31N3/c1-3-5-6-7-8-15-9-10-17-13-11-16(4-2)12-14-17/h15H,3-14H2,1-2H3. The van der Waals surface area contributed by atoms with Gasteiger partial charge in [-0.25, -0.2) is 0 Å². The summed E-state index contributed by atoms with van der Waals surface area (Å²) in [5.74, 6) is 0. The maximum atomic E-state index is 3.56. The highest BCUT2D eigenvalue weighted by atomic mass is 15.3. The second-order valence-electron chi connectivity index (χ2n) is 5.09. The lowest BCUT2D eigenvalue weighted by molar-refractivity contribution is 0.138. The Bertz CT molecular complexity index is 165. The minimum Gasteiger partial charge on any atom is -0.315 e. The van der Waals surface area contributed by atoms with Crippen molar-refractivity contribution in [3.8, 4) is 0 Å². The zero-order valence-corrected chi connectivity index (χ0v) is 11.9. The van der Waals surface area contributed by atoms with Gasteiger partial charge in [0.2, 0.25) is 0 Å². The van der Waals surface area contributed by atoms with Gasteiger partial charge in [0.25, 0.3) is 0 Å². The number of rotatable bonds is 9. The Morgan fingerprint density at radius 1 is 0.824 bits per heavy atom. The molecule has 1 fully saturated rings. The molecule has 1 aliphatic heterocycles. The van der Waals surface area contributed by atoms with Crippen molar-refractivity contribution in [2.45, 2.75) is 39.5 Å². The van der Waals surface area contributed by atoms with E-state index in [0.29, 0.717) is 0 Å². The van der Waals surface area contributed by atoms with Crippen LogP contribution in [-0.4, -0.2) is 62.2 Å². The Labute approximate surface area is 108 Å². The van der Waals surface area contributed by atoms with E-state index in [-0.39, 0.29) is 0 Å². The number of likely N-dealkylation sites (N-methyl/N-ethyl adjacent to an activating group) is 1. The molecule has 1 rings (SSSR count). The van der Waals surface area contributed by atoms with Crippen LogP contribution in [0.5, 0.6) is 0 Å². The van der Waals surface area contributed by atoms with Gasteiger partial charge in [-0.1, -0.05) is 33.1 Å². The summed E-state index contributed by atoms with van der Waals surface area (Å²) in [4.78, 5) is 5.12. The average molecular weight is 241 g/mol. The quantitative estimate of drug-likeness (QED) is 0.621. The van der Waals surface area contributed by atoms with Crippen molar-refractivity contribution in [1.82, 2.24) is 15.1 Å². The van der Waals surface area contributed by atoms with E-state index in [1.54, 1.807) is 0 Å². The fourth-order valence-electron chi connectivity index (χ4n) is 2.37. The highest BCUT2D eigenvalue weighted by Crippen LogP contribution is 2.00. The maximum absolute atomic E-state index is 3.56. The van der Waals surface area contributed by atoms with Crippen LogP contribution in [0.1, 0.15) is 39.5 Å². The molecule has 1 aliphatic rings. The SMILES string of the molecule is CCCCCCNCCN1CCN(CC)CC1. The third kappa shape index (κ3) is 7.02. The predicted octanol–water partition coefficient (Wildman–Crippen LogP) is 1.79.